The third-order valence-electron chi connectivity index (χ3n) is 5.55. The third kappa shape index (κ3) is 5.11. The fourth-order valence-corrected chi connectivity index (χ4v) is 4.70. The molecule has 0 atom stereocenters. The van der Waals surface area contributed by atoms with Crippen molar-refractivity contribution in [1.82, 2.24) is 15.0 Å². The molecule has 8 nitrogen and oxygen atoms in total. The summed E-state index contributed by atoms with van der Waals surface area (Å²) < 4.78 is 1.05. The lowest BCUT2D eigenvalue weighted by molar-refractivity contribution is 0.470. The second-order valence-corrected chi connectivity index (χ2v) is 9.13. The van der Waals surface area contributed by atoms with Crippen LogP contribution in [0.3, 0.4) is 0 Å². The van der Waals surface area contributed by atoms with Gasteiger partial charge in [0.25, 0.3) is 0 Å². The topological polar surface area (TPSA) is 89.8 Å². The molecule has 3 heterocycles. The number of aryl methyl sites for hydroxylation is 1. The zero-order chi connectivity index (χ0) is 20.9. The van der Waals surface area contributed by atoms with Crippen LogP contribution >= 0.6 is 22.6 Å². The zero-order valence-electron chi connectivity index (χ0n) is 17.3. The van der Waals surface area contributed by atoms with Crippen LogP contribution < -0.4 is 15.2 Å². The summed E-state index contributed by atoms with van der Waals surface area (Å²) >= 11 is 2.23. The summed E-state index contributed by atoms with van der Waals surface area (Å²) in [5.74, 6) is 2.11. The molecular weight excluding hydrogens is 493 g/mol. The second kappa shape index (κ2) is 9.76. The Labute approximate surface area is 191 Å². The van der Waals surface area contributed by atoms with Crippen LogP contribution in [-0.2, 0) is 0 Å². The fraction of sp³-hybridized carbons (Fsp3) is 0.524. The number of aromatic nitrogens is 3. The van der Waals surface area contributed by atoms with Gasteiger partial charge in [0.2, 0.25) is 17.8 Å². The number of phenols is 1. The number of halogens is 1. The average molecular weight is 521 g/mol. The van der Waals surface area contributed by atoms with Crippen LogP contribution in [0.25, 0.3) is 0 Å². The predicted octanol–water partition coefficient (Wildman–Crippen LogP) is 3.92. The number of anilines is 3. The number of rotatable bonds is 5. The van der Waals surface area contributed by atoms with E-state index in [4.69, 9.17) is 4.98 Å². The van der Waals surface area contributed by atoms with E-state index in [9.17, 15) is 5.11 Å². The Morgan fingerprint density at radius 1 is 0.933 bits per heavy atom. The molecule has 2 aliphatic rings. The number of hydrazone groups is 1. The molecule has 1 aromatic heterocycles. The molecule has 160 valence electrons. The van der Waals surface area contributed by atoms with Crippen LogP contribution in [0.5, 0.6) is 5.75 Å². The van der Waals surface area contributed by atoms with Gasteiger partial charge in [0.05, 0.1) is 6.21 Å². The van der Waals surface area contributed by atoms with Crippen LogP contribution in [-0.4, -0.2) is 52.5 Å². The highest BCUT2D eigenvalue weighted by molar-refractivity contribution is 14.1. The van der Waals surface area contributed by atoms with Crippen molar-refractivity contribution in [3.05, 3.63) is 26.8 Å². The van der Waals surface area contributed by atoms with Crippen LogP contribution in [0, 0.1) is 10.5 Å². The van der Waals surface area contributed by atoms with Gasteiger partial charge in [0, 0.05) is 35.3 Å². The minimum Gasteiger partial charge on any atom is -0.507 e. The molecule has 0 saturated carbocycles. The van der Waals surface area contributed by atoms with E-state index in [1.54, 1.807) is 6.21 Å². The van der Waals surface area contributed by atoms with Crippen molar-refractivity contribution in [3.8, 4) is 5.75 Å². The second-order valence-electron chi connectivity index (χ2n) is 7.88. The van der Waals surface area contributed by atoms with E-state index in [1.807, 2.05) is 19.1 Å². The summed E-state index contributed by atoms with van der Waals surface area (Å²) in [5.41, 5.74) is 4.44. The maximum atomic E-state index is 10.3. The van der Waals surface area contributed by atoms with Crippen molar-refractivity contribution in [2.24, 2.45) is 5.10 Å². The number of benzene rings is 1. The molecule has 2 aliphatic heterocycles. The largest absolute Gasteiger partial charge is 0.507 e. The standard InChI is InChI=1S/C21H28IN7O/c1-15-12-17(22)13-16(18(15)30)14-23-27-19-24-20(28-8-4-2-5-9-28)26-21(25-19)29-10-6-3-7-11-29/h12-14,30H,2-11H2,1H3,(H,24,25,26,27)/b23-14-. The van der Waals surface area contributed by atoms with Gasteiger partial charge < -0.3 is 14.9 Å². The quantitative estimate of drug-likeness (QED) is 0.350. The first-order valence-corrected chi connectivity index (χ1v) is 11.7. The van der Waals surface area contributed by atoms with Gasteiger partial charge in [-0.1, -0.05) is 0 Å². The van der Waals surface area contributed by atoms with E-state index < -0.39 is 0 Å². The van der Waals surface area contributed by atoms with E-state index >= 15 is 0 Å². The van der Waals surface area contributed by atoms with Gasteiger partial charge in [-0.3, -0.25) is 0 Å². The van der Waals surface area contributed by atoms with Crippen molar-refractivity contribution >= 4 is 46.7 Å². The number of aromatic hydroxyl groups is 1. The summed E-state index contributed by atoms with van der Waals surface area (Å²) in [4.78, 5) is 18.5. The molecule has 2 saturated heterocycles. The van der Waals surface area contributed by atoms with E-state index in [1.165, 1.54) is 12.8 Å². The Kier molecular flexibility index (Phi) is 6.86. The molecule has 0 unspecified atom stereocenters. The number of phenolic OH excluding ortho intramolecular Hbond substituents is 1. The minimum atomic E-state index is 0.236. The molecule has 30 heavy (non-hydrogen) atoms. The van der Waals surface area contributed by atoms with Gasteiger partial charge in [-0.15, -0.1) is 0 Å². The molecule has 0 radical (unpaired) electrons. The molecule has 2 aromatic rings. The Balaban J connectivity index is 1.58. The monoisotopic (exact) mass is 521 g/mol. The third-order valence-corrected chi connectivity index (χ3v) is 6.18. The number of piperidine rings is 2. The summed E-state index contributed by atoms with van der Waals surface area (Å²) in [6.07, 6.45) is 8.78. The molecule has 0 spiro atoms. The van der Waals surface area contributed by atoms with Crippen LogP contribution in [0.2, 0.25) is 0 Å². The molecule has 0 bridgehead atoms. The molecular formula is C21H28IN7O. The van der Waals surface area contributed by atoms with Crippen LogP contribution in [0.4, 0.5) is 17.8 Å². The molecule has 4 rings (SSSR count). The molecule has 2 fully saturated rings. The maximum Gasteiger partial charge on any atom is 0.250 e. The van der Waals surface area contributed by atoms with Crippen molar-refractivity contribution < 1.29 is 5.11 Å². The lowest BCUT2D eigenvalue weighted by atomic mass is 10.1. The number of hydrogen-bond donors (Lipinski definition) is 2. The van der Waals surface area contributed by atoms with Crippen molar-refractivity contribution in [3.63, 3.8) is 0 Å². The van der Waals surface area contributed by atoms with Crippen LogP contribution in [0.15, 0.2) is 17.2 Å². The fourth-order valence-electron chi connectivity index (χ4n) is 3.89. The van der Waals surface area contributed by atoms with Crippen molar-refractivity contribution in [1.29, 1.82) is 0 Å². The Hall–Kier alpha value is -2.17. The zero-order valence-corrected chi connectivity index (χ0v) is 19.5. The smallest absolute Gasteiger partial charge is 0.250 e. The Bertz CT molecular complexity index is 872. The first kappa shape index (κ1) is 21.1. The summed E-state index contributed by atoms with van der Waals surface area (Å²) in [6.45, 7) is 5.77. The van der Waals surface area contributed by atoms with Gasteiger partial charge in [0.1, 0.15) is 5.75 Å². The van der Waals surface area contributed by atoms with Gasteiger partial charge in [-0.05, 0) is 85.7 Å². The highest BCUT2D eigenvalue weighted by Crippen LogP contribution is 2.24. The van der Waals surface area contributed by atoms with Crippen molar-refractivity contribution in [2.75, 3.05) is 41.4 Å². The van der Waals surface area contributed by atoms with Crippen LogP contribution in [0.1, 0.15) is 49.7 Å². The number of nitrogens with zero attached hydrogens (tertiary/aromatic N) is 6. The molecule has 0 aliphatic carbocycles. The predicted molar refractivity (Wildman–Crippen MR) is 129 cm³/mol. The first-order valence-electron chi connectivity index (χ1n) is 10.6. The molecule has 1 aromatic carbocycles. The van der Waals surface area contributed by atoms with E-state index in [0.29, 0.717) is 11.5 Å². The minimum absolute atomic E-state index is 0.236. The molecule has 2 N–H and O–H groups in total. The normalized spacial score (nSPS) is 17.5. The lowest BCUT2D eigenvalue weighted by Gasteiger charge is -2.30. The lowest BCUT2D eigenvalue weighted by Crippen LogP contribution is -2.34. The SMILES string of the molecule is Cc1cc(I)cc(/C=N\Nc2nc(N3CCCCC3)nc(N3CCCCC3)n2)c1O. The maximum absolute atomic E-state index is 10.3. The van der Waals surface area contributed by atoms with Gasteiger partial charge >= 0.3 is 0 Å². The summed E-state index contributed by atoms with van der Waals surface area (Å²) in [5, 5.41) is 14.6. The summed E-state index contributed by atoms with van der Waals surface area (Å²) in [6, 6.07) is 3.82. The molecule has 9 heteroatoms. The van der Waals surface area contributed by atoms with Gasteiger partial charge in [-0.25, -0.2) is 5.43 Å². The average Bonchev–Trinajstić information content (AvgIpc) is 2.78. The van der Waals surface area contributed by atoms with E-state index in [0.717, 1.165) is 72.9 Å². The Morgan fingerprint density at radius 2 is 1.50 bits per heavy atom. The Morgan fingerprint density at radius 3 is 2.07 bits per heavy atom. The van der Waals surface area contributed by atoms with E-state index in [2.05, 4.69) is 52.9 Å². The van der Waals surface area contributed by atoms with Gasteiger partial charge in [-0.2, -0.15) is 20.1 Å². The van der Waals surface area contributed by atoms with Crippen molar-refractivity contribution in [2.45, 2.75) is 45.4 Å². The van der Waals surface area contributed by atoms with E-state index in [-0.39, 0.29) is 5.75 Å². The highest BCUT2D eigenvalue weighted by atomic mass is 127. The number of hydrogen-bond acceptors (Lipinski definition) is 8. The first-order chi connectivity index (χ1) is 14.6. The van der Waals surface area contributed by atoms with Gasteiger partial charge in [0.15, 0.2) is 0 Å². The summed E-state index contributed by atoms with van der Waals surface area (Å²) in [7, 11) is 0. The molecule has 0 amide bonds. The number of nitrogens with one attached hydrogen (secondary N) is 1. The highest BCUT2D eigenvalue weighted by Gasteiger charge is 2.20.